The van der Waals surface area contributed by atoms with E-state index < -0.39 is 10.1 Å². The number of nitrogens with one attached hydrogen (secondary N) is 1. The molecule has 0 unspecified atom stereocenters. The van der Waals surface area contributed by atoms with Crippen molar-refractivity contribution < 1.29 is 17.8 Å². The molecule has 4 aliphatic carbocycles. The number of carbonyl (C=O) groups is 1. The van der Waals surface area contributed by atoms with Crippen LogP contribution in [0.25, 0.3) is 0 Å². The number of benzene rings is 1. The van der Waals surface area contributed by atoms with Crippen LogP contribution in [0.5, 0.6) is 0 Å². The van der Waals surface area contributed by atoms with E-state index in [0.29, 0.717) is 26.7 Å². The fourth-order valence-electron chi connectivity index (χ4n) is 8.29. The van der Waals surface area contributed by atoms with Crippen LogP contribution < -0.4 is 5.73 Å². The number of Topliss-reactive ketones (excluding diaryl/α,β-unsaturated/α-hetero) is 1. The van der Waals surface area contributed by atoms with Gasteiger partial charge in [0.15, 0.2) is 0 Å². The average Bonchev–Trinajstić information content (AvgIpc) is 3.17. The molecule has 1 aromatic rings. The zero-order valence-corrected chi connectivity index (χ0v) is 25.0. The largest absolute Gasteiger partial charge is 0.294 e. The predicted molar refractivity (Wildman–Crippen MR) is 148 cm³/mol. The van der Waals surface area contributed by atoms with Gasteiger partial charge in [0.05, 0.1) is 4.90 Å². The van der Waals surface area contributed by atoms with E-state index in [2.05, 4.69) is 19.9 Å². The van der Waals surface area contributed by atoms with Gasteiger partial charge >= 0.3 is 165 Å². The summed E-state index contributed by atoms with van der Waals surface area (Å²) in [6, 6.07) is 5.99. The van der Waals surface area contributed by atoms with E-state index in [1.807, 2.05) is 13.8 Å². The van der Waals surface area contributed by atoms with Gasteiger partial charge in [-0.1, -0.05) is 17.7 Å². The first-order chi connectivity index (χ1) is 17.3. The summed E-state index contributed by atoms with van der Waals surface area (Å²) in [7, 11) is -4.02. The Kier molecular flexibility index (Phi) is 8.17. The molecule has 6 nitrogen and oxygen atoms in total. The number of carbonyl (C=O) groups excluding carboxylic acids is 1. The second-order valence-corrected chi connectivity index (χ2v) is 16.4. The molecule has 4 N–H and O–H groups in total. The SMILES string of the molecule is CC(=O)[C@H]1CC[C@H]2[C@@H]3CC=C4C[C@@H]([Se]C(=N)N)CC[C@]4(C)[C@H]3CC[C@]12C.Cc1ccc(S(=O)(=O)O)cc1. The van der Waals surface area contributed by atoms with Crippen LogP contribution in [0.4, 0.5) is 0 Å². The number of ketones is 1. The third-order valence-electron chi connectivity index (χ3n) is 10.2. The van der Waals surface area contributed by atoms with E-state index in [1.54, 1.807) is 17.7 Å². The molecule has 0 heterocycles. The molecular weight excluding hydrogens is 551 g/mol. The van der Waals surface area contributed by atoms with E-state index in [0.717, 1.165) is 29.7 Å². The average molecular weight is 594 g/mol. The fraction of sp³-hybridized carbons (Fsp3) is 0.655. The van der Waals surface area contributed by atoms with Gasteiger partial charge in [0.25, 0.3) is 10.1 Å². The Hall–Kier alpha value is -1.47. The topological polar surface area (TPSA) is 121 Å². The van der Waals surface area contributed by atoms with Crippen molar-refractivity contribution in [2.75, 3.05) is 0 Å². The van der Waals surface area contributed by atoms with Gasteiger partial charge in [-0.15, -0.1) is 0 Å². The third kappa shape index (κ3) is 5.63. The van der Waals surface area contributed by atoms with E-state index in [1.165, 1.54) is 57.1 Å². The fourth-order valence-corrected chi connectivity index (χ4v) is 10.6. The van der Waals surface area contributed by atoms with Crippen molar-refractivity contribution >= 4 is 35.6 Å². The number of nitrogens with two attached hydrogens (primary N) is 1. The number of amidine groups is 1. The number of fused-ring (bicyclic) bond motifs is 5. The van der Waals surface area contributed by atoms with Crippen LogP contribution in [-0.4, -0.2) is 38.4 Å². The first kappa shape index (κ1) is 28.5. The van der Waals surface area contributed by atoms with Gasteiger partial charge in [-0.25, -0.2) is 0 Å². The van der Waals surface area contributed by atoms with Gasteiger partial charge < -0.3 is 0 Å². The first-order valence-corrected chi connectivity index (χ1v) is 16.8. The molecule has 0 aliphatic heterocycles. The quantitative estimate of drug-likeness (QED) is 0.134. The Balaban J connectivity index is 0.000000245. The molecule has 204 valence electrons. The minimum atomic E-state index is -4.02. The van der Waals surface area contributed by atoms with Crippen LogP contribution in [0.3, 0.4) is 0 Å². The second kappa shape index (κ2) is 10.6. The standard InChI is InChI=1S/C22H34N2OSe.C7H8O3S/c1-13(25)17-6-7-18-16-5-4-14-12-15(26-20(23)24)8-10-21(14,2)19(16)9-11-22(17,18)3;1-6-2-4-7(5-3-6)11(8,9)10/h4,15-19H,5-12H2,1-3H3,(H3,23,24);2-5H,1H3,(H,8,9,10)/t15-,16-,17+,18-,19-,21-,22+;/m0./s1. The van der Waals surface area contributed by atoms with Crippen molar-refractivity contribution in [1.82, 2.24) is 0 Å². The Bertz CT molecular complexity index is 1180. The molecule has 37 heavy (non-hydrogen) atoms. The van der Waals surface area contributed by atoms with Crippen molar-refractivity contribution in [3.8, 4) is 0 Å². The summed E-state index contributed by atoms with van der Waals surface area (Å²) < 4.78 is 30.0. The smallest absolute Gasteiger partial charge is 0.282 e. The van der Waals surface area contributed by atoms with Crippen LogP contribution in [-0.2, 0) is 14.9 Å². The Labute approximate surface area is 228 Å². The minimum absolute atomic E-state index is 0.0666. The van der Waals surface area contributed by atoms with Gasteiger partial charge in [0, 0.05) is 0 Å². The van der Waals surface area contributed by atoms with Crippen molar-refractivity contribution in [2.24, 2.45) is 40.2 Å². The van der Waals surface area contributed by atoms with E-state index in [4.69, 9.17) is 15.7 Å². The number of aryl methyl sites for hydroxylation is 1. The summed E-state index contributed by atoms with van der Waals surface area (Å²) >= 11 is 0.171. The molecule has 1 aromatic carbocycles. The molecule has 5 rings (SSSR count). The van der Waals surface area contributed by atoms with Crippen LogP contribution in [0, 0.1) is 46.8 Å². The van der Waals surface area contributed by atoms with Crippen molar-refractivity contribution in [1.29, 1.82) is 5.41 Å². The molecule has 0 aromatic heterocycles. The first-order valence-electron chi connectivity index (χ1n) is 13.5. The molecule has 3 saturated carbocycles. The maximum Gasteiger partial charge on any atom is 0.294 e. The predicted octanol–water partition coefficient (Wildman–Crippen LogP) is 5.78. The molecular formula is C29H42N2O4SSe. The summed E-state index contributed by atoms with van der Waals surface area (Å²) in [5.74, 6) is 3.06. The number of allylic oxidation sites excluding steroid dienone is 2. The maximum atomic E-state index is 12.2. The van der Waals surface area contributed by atoms with Gasteiger partial charge in [-0.05, 0) is 19.1 Å². The molecule has 0 bridgehead atoms. The summed E-state index contributed by atoms with van der Waals surface area (Å²) in [5.41, 5.74) is 8.96. The summed E-state index contributed by atoms with van der Waals surface area (Å²) in [5, 5.41) is 7.67. The number of hydrogen-bond donors (Lipinski definition) is 3. The summed E-state index contributed by atoms with van der Waals surface area (Å²) in [4.78, 5) is 12.8. The second-order valence-electron chi connectivity index (χ2n) is 12.2. The molecule has 8 heteroatoms. The van der Waals surface area contributed by atoms with Gasteiger partial charge in [-0.3, -0.25) is 4.55 Å². The molecule has 7 atom stereocenters. The van der Waals surface area contributed by atoms with Crippen LogP contribution in [0.2, 0.25) is 4.82 Å². The van der Waals surface area contributed by atoms with E-state index in [-0.39, 0.29) is 25.3 Å². The number of rotatable bonds is 4. The van der Waals surface area contributed by atoms with E-state index in [9.17, 15) is 13.2 Å². The minimum Gasteiger partial charge on any atom is -0.282 e. The molecule has 0 saturated heterocycles. The zero-order chi connectivity index (χ0) is 27.2. The van der Waals surface area contributed by atoms with Gasteiger partial charge in [0.2, 0.25) is 0 Å². The Morgan fingerprint density at radius 2 is 1.76 bits per heavy atom. The third-order valence-corrected chi connectivity index (χ3v) is 13.1. The summed E-state index contributed by atoms with van der Waals surface area (Å²) in [6.07, 6.45) is 12.4. The number of hydrogen-bond acceptors (Lipinski definition) is 4. The zero-order valence-electron chi connectivity index (χ0n) is 22.5. The van der Waals surface area contributed by atoms with Gasteiger partial charge in [0.1, 0.15) is 0 Å². The summed E-state index contributed by atoms with van der Waals surface area (Å²) in [6.45, 7) is 8.63. The maximum absolute atomic E-state index is 12.2. The van der Waals surface area contributed by atoms with Crippen molar-refractivity contribution in [3.63, 3.8) is 0 Å². The Morgan fingerprint density at radius 1 is 1.08 bits per heavy atom. The monoisotopic (exact) mass is 594 g/mol. The molecule has 0 spiro atoms. The van der Waals surface area contributed by atoms with E-state index >= 15 is 0 Å². The Morgan fingerprint density at radius 3 is 2.35 bits per heavy atom. The van der Waals surface area contributed by atoms with Crippen LogP contribution in [0.1, 0.15) is 77.7 Å². The van der Waals surface area contributed by atoms with Crippen LogP contribution >= 0.6 is 0 Å². The van der Waals surface area contributed by atoms with Crippen molar-refractivity contribution in [2.45, 2.75) is 88.8 Å². The van der Waals surface area contributed by atoms with Crippen LogP contribution in [0.15, 0.2) is 40.8 Å². The molecule has 3 fully saturated rings. The molecule has 0 amide bonds. The van der Waals surface area contributed by atoms with Gasteiger partial charge in [-0.2, -0.15) is 8.42 Å². The molecule has 4 aliphatic rings. The van der Waals surface area contributed by atoms with Crippen molar-refractivity contribution in [3.05, 3.63) is 41.5 Å². The molecule has 0 radical (unpaired) electrons. The normalized spacial score (nSPS) is 36.7.